The van der Waals surface area contributed by atoms with Gasteiger partial charge < -0.3 is 10.5 Å². The number of ether oxygens (including phenoxy) is 1. The highest BCUT2D eigenvalue weighted by atomic mass is 32.2. The Hall–Kier alpha value is -1.27. The highest BCUT2D eigenvalue weighted by molar-refractivity contribution is 7.89. The second kappa shape index (κ2) is 6.77. The molecule has 0 bridgehead atoms. The van der Waals surface area contributed by atoms with E-state index in [0.29, 0.717) is 23.9 Å². The van der Waals surface area contributed by atoms with Gasteiger partial charge in [0.2, 0.25) is 10.0 Å². The molecule has 2 N–H and O–H groups in total. The van der Waals surface area contributed by atoms with Gasteiger partial charge in [-0.25, -0.2) is 12.7 Å². The van der Waals surface area contributed by atoms with Crippen LogP contribution in [0.1, 0.15) is 13.8 Å². The average molecular weight is 286 g/mol. The predicted molar refractivity (Wildman–Crippen MR) is 77.6 cm³/mol. The molecule has 0 saturated carbocycles. The number of hydrogen-bond donors (Lipinski definition) is 1. The molecule has 0 heterocycles. The van der Waals surface area contributed by atoms with Gasteiger partial charge in [0.25, 0.3) is 0 Å². The number of hydrogen-bond acceptors (Lipinski definition) is 4. The molecule has 19 heavy (non-hydrogen) atoms. The summed E-state index contributed by atoms with van der Waals surface area (Å²) in [5.74, 6) is 0.898. The first kappa shape index (κ1) is 15.8. The molecule has 0 radical (unpaired) electrons. The Morgan fingerprint density at radius 2 is 1.84 bits per heavy atom. The van der Waals surface area contributed by atoms with Crippen LogP contribution in [0.3, 0.4) is 0 Å². The molecule has 108 valence electrons. The Kier molecular flexibility index (Phi) is 5.62. The number of nitrogens with zero attached hydrogens (tertiary/aromatic N) is 1. The van der Waals surface area contributed by atoms with Crippen LogP contribution in [0.4, 0.5) is 5.69 Å². The van der Waals surface area contributed by atoms with Crippen LogP contribution in [0.5, 0.6) is 5.75 Å². The van der Waals surface area contributed by atoms with E-state index < -0.39 is 10.0 Å². The van der Waals surface area contributed by atoms with Crippen LogP contribution in [0.15, 0.2) is 24.3 Å². The lowest BCUT2D eigenvalue weighted by Crippen LogP contribution is -2.34. The Morgan fingerprint density at radius 3 is 2.37 bits per heavy atom. The third-order valence-electron chi connectivity index (χ3n) is 2.59. The van der Waals surface area contributed by atoms with Gasteiger partial charge in [0.15, 0.2) is 0 Å². The van der Waals surface area contributed by atoms with Crippen molar-refractivity contribution in [2.45, 2.75) is 13.8 Å². The van der Waals surface area contributed by atoms with E-state index >= 15 is 0 Å². The zero-order chi connectivity index (χ0) is 14.5. The van der Waals surface area contributed by atoms with Gasteiger partial charge in [-0.05, 0) is 30.2 Å². The Labute approximate surface area is 115 Å². The van der Waals surface area contributed by atoms with Gasteiger partial charge in [-0.3, -0.25) is 0 Å². The lowest BCUT2D eigenvalue weighted by Gasteiger charge is -2.19. The summed E-state index contributed by atoms with van der Waals surface area (Å²) >= 11 is 0. The van der Waals surface area contributed by atoms with Crippen molar-refractivity contribution in [2.75, 3.05) is 31.7 Å². The number of nitrogen functional groups attached to an aromatic ring is 1. The average Bonchev–Trinajstić information content (AvgIpc) is 2.30. The van der Waals surface area contributed by atoms with Crippen LogP contribution in [0, 0.1) is 5.92 Å². The first-order valence-electron chi connectivity index (χ1n) is 6.23. The zero-order valence-electron chi connectivity index (χ0n) is 11.7. The van der Waals surface area contributed by atoms with Crippen molar-refractivity contribution in [1.82, 2.24) is 4.31 Å². The van der Waals surface area contributed by atoms with Crippen LogP contribution >= 0.6 is 0 Å². The molecule has 1 aromatic rings. The molecule has 0 atom stereocenters. The maximum absolute atomic E-state index is 11.9. The standard InChI is InChI=1S/C13H22N2O3S/c1-11(2)10-15(3)19(16,17)9-8-18-13-6-4-12(14)5-7-13/h4-7,11H,8-10,14H2,1-3H3. The number of anilines is 1. The van der Waals surface area contributed by atoms with E-state index in [0.717, 1.165) is 0 Å². The van der Waals surface area contributed by atoms with E-state index in [1.165, 1.54) is 4.31 Å². The summed E-state index contributed by atoms with van der Waals surface area (Å²) in [4.78, 5) is 0. The number of nitrogens with two attached hydrogens (primary N) is 1. The van der Waals surface area contributed by atoms with E-state index in [-0.39, 0.29) is 12.4 Å². The maximum Gasteiger partial charge on any atom is 0.217 e. The van der Waals surface area contributed by atoms with Crippen molar-refractivity contribution in [2.24, 2.45) is 5.92 Å². The second-order valence-electron chi connectivity index (χ2n) is 4.91. The van der Waals surface area contributed by atoms with E-state index in [1.54, 1.807) is 31.3 Å². The first-order chi connectivity index (χ1) is 8.81. The minimum Gasteiger partial charge on any atom is -0.492 e. The Morgan fingerprint density at radius 1 is 1.26 bits per heavy atom. The van der Waals surface area contributed by atoms with Crippen LogP contribution in [0.25, 0.3) is 0 Å². The predicted octanol–water partition coefficient (Wildman–Crippen LogP) is 1.57. The number of rotatable bonds is 7. The molecule has 0 saturated heterocycles. The highest BCUT2D eigenvalue weighted by Crippen LogP contribution is 2.13. The summed E-state index contributed by atoms with van der Waals surface area (Å²) in [7, 11) is -1.65. The Bertz CT molecular complexity index is 483. The fraction of sp³-hybridized carbons (Fsp3) is 0.538. The fourth-order valence-electron chi connectivity index (χ4n) is 1.61. The highest BCUT2D eigenvalue weighted by Gasteiger charge is 2.18. The topological polar surface area (TPSA) is 72.6 Å². The molecule has 0 aromatic heterocycles. The molecule has 5 nitrogen and oxygen atoms in total. The van der Waals surface area contributed by atoms with Gasteiger partial charge in [-0.2, -0.15) is 0 Å². The number of sulfonamides is 1. The third-order valence-corrected chi connectivity index (χ3v) is 4.37. The van der Waals surface area contributed by atoms with Gasteiger partial charge in [-0.15, -0.1) is 0 Å². The van der Waals surface area contributed by atoms with Gasteiger partial charge in [0.1, 0.15) is 12.4 Å². The number of benzene rings is 1. The van der Waals surface area contributed by atoms with Crippen molar-refractivity contribution in [3.63, 3.8) is 0 Å². The summed E-state index contributed by atoms with van der Waals surface area (Å²) in [5, 5.41) is 0. The normalized spacial score (nSPS) is 12.1. The minimum absolute atomic E-state index is 0.0272. The fourth-order valence-corrected chi connectivity index (χ4v) is 2.74. The monoisotopic (exact) mass is 286 g/mol. The van der Waals surface area contributed by atoms with Gasteiger partial charge in [0, 0.05) is 19.3 Å². The molecular formula is C13H22N2O3S. The van der Waals surface area contributed by atoms with Crippen LogP contribution < -0.4 is 10.5 Å². The smallest absolute Gasteiger partial charge is 0.217 e. The molecule has 6 heteroatoms. The largest absolute Gasteiger partial charge is 0.492 e. The molecule has 0 aliphatic heterocycles. The zero-order valence-corrected chi connectivity index (χ0v) is 12.5. The molecule has 1 aromatic carbocycles. The molecule has 0 amide bonds. The van der Waals surface area contributed by atoms with E-state index in [9.17, 15) is 8.42 Å². The molecule has 0 unspecified atom stereocenters. The molecule has 1 rings (SSSR count). The molecule has 0 spiro atoms. The molecular weight excluding hydrogens is 264 g/mol. The summed E-state index contributed by atoms with van der Waals surface area (Å²) in [6.45, 7) is 4.62. The van der Waals surface area contributed by atoms with Crippen molar-refractivity contribution in [3.8, 4) is 5.75 Å². The van der Waals surface area contributed by atoms with Gasteiger partial charge in [0.05, 0.1) is 5.75 Å². The van der Waals surface area contributed by atoms with Crippen molar-refractivity contribution in [1.29, 1.82) is 0 Å². The molecule has 0 aliphatic rings. The second-order valence-corrected chi connectivity index (χ2v) is 7.10. The molecule has 0 fully saturated rings. The first-order valence-corrected chi connectivity index (χ1v) is 7.84. The summed E-state index contributed by atoms with van der Waals surface area (Å²) in [6.07, 6.45) is 0. The summed E-state index contributed by atoms with van der Waals surface area (Å²) < 4.78 is 30.6. The Balaban J connectivity index is 2.45. The van der Waals surface area contributed by atoms with Crippen molar-refractivity contribution < 1.29 is 13.2 Å². The van der Waals surface area contributed by atoms with Crippen LogP contribution in [-0.4, -0.2) is 38.7 Å². The third kappa shape index (κ3) is 5.48. The van der Waals surface area contributed by atoms with Crippen molar-refractivity contribution >= 4 is 15.7 Å². The van der Waals surface area contributed by atoms with E-state index in [2.05, 4.69) is 0 Å². The quantitative estimate of drug-likeness (QED) is 0.772. The molecule has 0 aliphatic carbocycles. The SMILES string of the molecule is CC(C)CN(C)S(=O)(=O)CCOc1ccc(N)cc1. The van der Waals surface area contributed by atoms with Crippen LogP contribution in [0.2, 0.25) is 0 Å². The van der Waals surface area contributed by atoms with Gasteiger partial charge >= 0.3 is 0 Å². The van der Waals surface area contributed by atoms with Crippen molar-refractivity contribution in [3.05, 3.63) is 24.3 Å². The van der Waals surface area contributed by atoms with E-state index in [1.807, 2.05) is 13.8 Å². The lowest BCUT2D eigenvalue weighted by atomic mass is 10.2. The van der Waals surface area contributed by atoms with Gasteiger partial charge in [-0.1, -0.05) is 13.8 Å². The minimum atomic E-state index is -3.25. The van der Waals surface area contributed by atoms with Crippen LogP contribution in [-0.2, 0) is 10.0 Å². The summed E-state index contributed by atoms with van der Waals surface area (Å²) in [5.41, 5.74) is 6.20. The maximum atomic E-state index is 11.9. The van der Waals surface area contributed by atoms with E-state index in [4.69, 9.17) is 10.5 Å². The summed E-state index contributed by atoms with van der Waals surface area (Å²) in [6, 6.07) is 6.88. The lowest BCUT2D eigenvalue weighted by molar-refractivity contribution is 0.335.